The number of rotatable bonds is 6. The van der Waals surface area contributed by atoms with Crippen molar-refractivity contribution in [1.82, 2.24) is 9.55 Å². The van der Waals surface area contributed by atoms with Gasteiger partial charge in [0, 0.05) is 40.2 Å². The molecule has 0 aliphatic rings. The van der Waals surface area contributed by atoms with Crippen LogP contribution >= 0.6 is 0 Å². The third kappa shape index (κ3) is 4.23. The highest BCUT2D eigenvalue weighted by atomic mass is 32.2. The van der Waals surface area contributed by atoms with E-state index in [-0.39, 0.29) is 10.9 Å². The standard InChI is InChI=1S/C14H22N2O4S/c1-8(13(17)18)6-12-10(3)15-14(19)16(11(12)4)7-9(2)21(5)20/h8-9H,6-7H2,1-5H3,(H,17,18). The SMILES string of the molecule is Cc1nc(=O)n(CC(C)S(C)=O)c(C)c1CC(C)C(=O)O. The van der Waals surface area contributed by atoms with E-state index in [1.807, 2.05) is 0 Å². The molecular formula is C14H22N2O4S. The fourth-order valence-corrected chi connectivity index (χ4v) is 2.46. The molecule has 1 rings (SSSR count). The van der Waals surface area contributed by atoms with Gasteiger partial charge in [0.2, 0.25) is 0 Å². The van der Waals surface area contributed by atoms with Crippen molar-refractivity contribution in [2.45, 2.75) is 45.9 Å². The van der Waals surface area contributed by atoms with Gasteiger partial charge in [-0.05, 0) is 32.8 Å². The summed E-state index contributed by atoms with van der Waals surface area (Å²) in [7, 11) is -1.04. The molecule has 3 atom stereocenters. The Morgan fingerprint density at radius 1 is 1.38 bits per heavy atom. The van der Waals surface area contributed by atoms with Crippen molar-refractivity contribution in [3.05, 3.63) is 27.4 Å². The molecule has 0 saturated carbocycles. The summed E-state index contributed by atoms with van der Waals surface area (Å²) in [5, 5.41) is 8.87. The van der Waals surface area contributed by atoms with E-state index in [1.54, 1.807) is 34.0 Å². The van der Waals surface area contributed by atoms with Crippen LogP contribution in [0, 0.1) is 19.8 Å². The number of hydrogen-bond acceptors (Lipinski definition) is 4. The molecule has 3 unspecified atom stereocenters. The lowest BCUT2D eigenvalue weighted by Crippen LogP contribution is -2.33. The lowest BCUT2D eigenvalue weighted by Gasteiger charge is -2.18. The van der Waals surface area contributed by atoms with E-state index < -0.39 is 22.7 Å². The molecule has 0 aromatic carbocycles. The normalized spacial score (nSPS) is 15.5. The van der Waals surface area contributed by atoms with Gasteiger partial charge in [-0.2, -0.15) is 4.98 Å². The van der Waals surface area contributed by atoms with Crippen LogP contribution in [0.2, 0.25) is 0 Å². The minimum Gasteiger partial charge on any atom is -0.481 e. The van der Waals surface area contributed by atoms with Crippen molar-refractivity contribution < 1.29 is 14.1 Å². The van der Waals surface area contributed by atoms with Crippen LogP contribution < -0.4 is 5.69 Å². The minimum atomic E-state index is -1.04. The van der Waals surface area contributed by atoms with Gasteiger partial charge in [0.05, 0.1) is 5.92 Å². The number of nitrogens with zero attached hydrogens (tertiary/aromatic N) is 2. The Balaban J connectivity index is 3.25. The first-order valence-electron chi connectivity index (χ1n) is 6.77. The fraction of sp³-hybridized carbons (Fsp3) is 0.643. The molecule has 7 heteroatoms. The first-order chi connectivity index (χ1) is 9.65. The van der Waals surface area contributed by atoms with Crippen LogP contribution in [-0.2, 0) is 28.6 Å². The second-order valence-electron chi connectivity index (χ2n) is 5.41. The van der Waals surface area contributed by atoms with Gasteiger partial charge in [0.15, 0.2) is 0 Å². The summed E-state index contributed by atoms with van der Waals surface area (Å²) in [5.74, 6) is -1.43. The van der Waals surface area contributed by atoms with Crippen molar-refractivity contribution in [2.75, 3.05) is 6.26 Å². The van der Waals surface area contributed by atoms with E-state index in [4.69, 9.17) is 5.11 Å². The number of carboxylic acid groups (broad SMARTS) is 1. The van der Waals surface area contributed by atoms with E-state index in [9.17, 15) is 13.8 Å². The van der Waals surface area contributed by atoms with Crippen LogP contribution in [0.3, 0.4) is 0 Å². The zero-order valence-electron chi connectivity index (χ0n) is 13.0. The second kappa shape index (κ2) is 6.98. The molecule has 1 aromatic heterocycles. The minimum absolute atomic E-state index is 0.171. The Labute approximate surface area is 126 Å². The van der Waals surface area contributed by atoms with Gasteiger partial charge >= 0.3 is 11.7 Å². The zero-order valence-corrected chi connectivity index (χ0v) is 13.9. The molecule has 0 spiro atoms. The number of hydrogen-bond donors (Lipinski definition) is 1. The summed E-state index contributed by atoms with van der Waals surface area (Å²) < 4.78 is 13.0. The maximum absolute atomic E-state index is 12.0. The van der Waals surface area contributed by atoms with E-state index in [0.717, 1.165) is 5.56 Å². The molecule has 1 aromatic rings. The van der Waals surface area contributed by atoms with Gasteiger partial charge < -0.3 is 5.11 Å². The first-order valence-corrected chi connectivity index (χ1v) is 8.39. The molecule has 118 valence electrons. The van der Waals surface area contributed by atoms with Gasteiger partial charge in [0.25, 0.3) is 0 Å². The summed E-state index contributed by atoms with van der Waals surface area (Å²) in [6.45, 7) is 7.24. The van der Waals surface area contributed by atoms with E-state index in [1.165, 1.54) is 4.57 Å². The molecule has 6 nitrogen and oxygen atoms in total. The summed E-state index contributed by atoms with van der Waals surface area (Å²) in [6, 6.07) is 0. The second-order valence-corrected chi connectivity index (χ2v) is 7.21. The van der Waals surface area contributed by atoms with Gasteiger partial charge in [-0.25, -0.2) is 4.79 Å². The van der Waals surface area contributed by atoms with Crippen molar-refractivity contribution in [3.8, 4) is 0 Å². The lowest BCUT2D eigenvalue weighted by atomic mass is 9.99. The van der Waals surface area contributed by atoms with E-state index in [0.29, 0.717) is 24.4 Å². The molecular weight excluding hydrogens is 292 g/mol. The third-order valence-corrected chi connectivity index (χ3v) is 4.99. The Bertz CT molecular complexity index is 624. The molecule has 0 saturated heterocycles. The summed E-state index contributed by atoms with van der Waals surface area (Å²) in [6.07, 6.45) is 1.92. The van der Waals surface area contributed by atoms with Gasteiger partial charge in [-0.15, -0.1) is 0 Å². The highest BCUT2D eigenvalue weighted by Crippen LogP contribution is 2.16. The maximum atomic E-state index is 12.0. The number of aromatic nitrogens is 2. The Hall–Kier alpha value is -1.50. The van der Waals surface area contributed by atoms with Crippen molar-refractivity contribution in [1.29, 1.82) is 0 Å². The van der Waals surface area contributed by atoms with Gasteiger partial charge in [-0.1, -0.05) is 6.92 Å². The first kappa shape index (κ1) is 17.6. The largest absolute Gasteiger partial charge is 0.481 e. The van der Waals surface area contributed by atoms with Crippen LogP contribution in [0.1, 0.15) is 30.8 Å². The van der Waals surface area contributed by atoms with Crippen LogP contribution in [-0.4, -0.2) is 36.3 Å². The van der Waals surface area contributed by atoms with Crippen LogP contribution in [0.5, 0.6) is 0 Å². The topological polar surface area (TPSA) is 89.3 Å². The van der Waals surface area contributed by atoms with Crippen molar-refractivity contribution in [2.24, 2.45) is 5.92 Å². The number of carbonyl (C=O) groups is 1. The summed E-state index contributed by atoms with van der Waals surface area (Å²) >= 11 is 0. The smallest absolute Gasteiger partial charge is 0.348 e. The zero-order chi connectivity index (χ0) is 16.3. The van der Waals surface area contributed by atoms with Crippen LogP contribution in [0.25, 0.3) is 0 Å². The summed E-state index contributed by atoms with van der Waals surface area (Å²) in [4.78, 5) is 27.0. The van der Waals surface area contributed by atoms with Gasteiger partial charge in [0.1, 0.15) is 0 Å². The van der Waals surface area contributed by atoms with E-state index in [2.05, 4.69) is 4.98 Å². The fourth-order valence-electron chi connectivity index (χ4n) is 2.11. The van der Waals surface area contributed by atoms with Gasteiger partial charge in [-0.3, -0.25) is 13.6 Å². The molecule has 0 aliphatic heterocycles. The molecule has 0 bridgehead atoms. The molecule has 0 aliphatic carbocycles. The molecule has 0 fully saturated rings. The maximum Gasteiger partial charge on any atom is 0.348 e. The van der Waals surface area contributed by atoms with Crippen molar-refractivity contribution >= 4 is 16.8 Å². The Morgan fingerprint density at radius 2 is 1.95 bits per heavy atom. The Morgan fingerprint density at radius 3 is 2.43 bits per heavy atom. The predicted octanol–water partition coefficient (Wildman–Crippen LogP) is 0.890. The molecule has 21 heavy (non-hydrogen) atoms. The molecule has 1 N–H and O–H groups in total. The number of aryl methyl sites for hydroxylation is 1. The monoisotopic (exact) mass is 314 g/mol. The number of aliphatic carboxylic acids is 1. The quantitative estimate of drug-likeness (QED) is 0.842. The van der Waals surface area contributed by atoms with Crippen molar-refractivity contribution in [3.63, 3.8) is 0 Å². The van der Waals surface area contributed by atoms with Crippen LogP contribution in [0.15, 0.2) is 4.79 Å². The predicted molar refractivity (Wildman–Crippen MR) is 82.0 cm³/mol. The summed E-state index contributed by atoms with van der Waals surface area (Å²) in [5.41, 5.74) is 1.66. The highest BCUT2D eigenvalue weighted by molar-refractivity contribution is 7.84. The number of carboxylic acids is 1. The van der Waals surface area contributed by atoms with Crippen LogP contribution in [0.4, 0.5) is 0 Å². The molecule has 0 amide bonds. The Kier molecular flexibility index (Phi) is 5.83. The third-order valence-electron chi connectivity index (χ3n) is 3.71. The molecule has 0 radical (unpaired) electrons. The highest BCUT2D eigenvalue weighted by Gasteiger charge is 2.19. The van der Waals surface area contributed by atoms with E-state index >= 15 is 0 Å². The average molecular weight is 314 g/mol. The molecule has 1 heterocycles. The average Bonchev–Trinajstić information content (AvgIpc) is 2.38. The lowest BCUT2D eigenvalue weighted by molar-refractivity contribution is -0.141.